The molecule has 0 aromatic carbocycles. The third kappa shape index (κ3) is 17.7. The van der Waals surface area contributed by atoms with E-state index in [4.69, 9.17) is 5.26 Å². The van der Waals surface area contributed by atoms with Crippen LogP contribution in [0.3, 0.4) is 0 Å². The second-order valence-corrected chi connectivity index (χ2v) is 1.87. The van der Waals surface area contributed by atoms with E-state index >= 15 is 0 Å². The first-order valence-corrected chi connectivity index (χ1v) is 3.49. The van der Waals surface area contributed by atoms with Gasteiger partial charge in [-0.25, -0.2) is 0 Å². The van der Waals surface area contributed by atoms with Crippen LogP contribution in [0.1, 0.15) is 20.8 Å². The van der Waals surface area contributed by atoms with Gasteiger partial charge in [-0.2, -0.15) is 5.26 Å². The first-order valence-electron chi connectivity index (χ1n) is 3.49. The Morgan fingerprint density at radius 1 is 1.45 bits per heavy atom. The van der Waals surface area contributed by atoms with E-state index in [2.05, 4.69) is 25.7 Å². The van der Waals surface area contributed by atoms with Gasteiger partial charge in [0, 0.05) is 6.08 Å². The van der Waals surface area contributed by atoms with Crippen LogP contribution in [-0.4, -0.2) is 0 Å². The van der Waals surface area contributed by atoms with Crippen molar-refractivity contribution in [3.05, 3.63) is 36.5 Å². The molecule has 1 nitrogen and oxygen atoms in total. The molecule has 0 N–H and O–H groups in total. The van der Waals surface area contributed by atoms with Gasteiger partial charge in [-0.3, -0.25) is 0 Å². The highest BCUT2D eigenvalue weighted by atomic mass is 14.2. The van der Waals surface area contributed by atoms with Crippen LogP contribution in [0.4, 0.5) is 0 Å². The second kappa shape index (κ2) is 11.5. The van der Waals surface area contributed by atoms with Gasteiger partial charge in [0.2, 0.25) is 0 Å². The van der Waals surface area contributed by atoms with Crippen molar-refractivity contribution in [2.24, 2.45) is 0 Å². The van der Waals surface area contributed by atoms with E-state index in [9.17, 15) is 0 Å². The minimum Gasteiger partial charge on any atom is -0.193 e. The minimum absolute atomic E-state index is 1.18. The zero-order chi connectivity index (χ0) is 9.11. The van der Waals surface area contributed by atoms with E-state index in [0.717, 1.165) is 0 Å². The Bertz CT molecular complexity index is 180. The summed E-state index contributed by atoms with van der Waals surface area (Å²) in [5, 5.41) is 7.51. The van der Waals surface area contributed by atoms with Crippen LogP contribution >= 0.6 is 0 Å². The van der Waals surface area contributed by atoms with E-state index in [-0.39, 0.29) is 0 Å². The van der Waals surface area contributed by atoms with Crippen LogP contribution in [0.15, 0.2) is 36.5 Å². The Hall–Kier alpha value is -1.29. The van der Waals surface area contributed by atoms with E-state index in [1.165, 1.54) is 11.6 Å². The molecule has 0 atom stereocenters. The van der Waals surface area contributed by atoms with Gasteiger partial charge in [-0.05, 0) is 20.8 Å². The van der Waals surface area contributed by atoms with Crippen LogP contribution in [-0.2, 0) is 0 Å². The number of hydrogen-bond donors (Lipinski definition) is 0. The summed E-state index contributed by atoms with van der Waals surface area (Å²) in [6.07, 6.45) is 7.38. The molecular formula is C10H15N. The molecule has 0 radical (unpaired) electrons. The second-order valence-electron chi connectivity index (χ2n) is 1.87. The maximum absolute atomic E-state index is 7.51. The fraction of sp³-hybridized carbons (Fsp3) is 0.300. The third-order valence-electron chi connectivity index (χ3n) is 0.976. The lowest BCUT2D eigenvalue weighted by Crippen LogP contribution is -1.60. The van der Waals surface area contributed by atoms with Crippen molar-refractivity contribution in [1.29, 1.82) is 5.26 Å². The molecule has 0 spiro atoms. The molecule has 0 unspecified atom stereocenters. The fourth-order valence-corrected chi connectivity index (χ4v) is 0.359. The van der Waals surface area contributed by atoms with Gasteiger partial charge in [0.05, 0.1) is 6.07 Å². The maximum Gasteiger partial charge on any atom is 0.0905 e. The summed E-state index contributed by atoms with van der Waals surface area (Å²) in [6.45, 7) is 9.26. The van der Waals surface area contributed by atoms with Crippen molar-refractivity contribution in [3.63, 3.8) is 0 Å². The van der Waals surface area contributed by atoms with Gasteiger partial charge < -0.3 is 0 Å². The molecule has 0 aliphatic rings. The Labute approximate surface area is 69.4 Å². The highest BCUT2D eigenvalue weighted by Crippen LogP contribution is 1.91. The standard InChI is InChI=1S/C7H12.C3H3N/c1-4-6-7(3)5-2;1-2-3-4/h4-6H,1-3H3;2H,1H2/b6-4-,7-5-;. The summed E-state index contributed by atoms with van der Waals surface area (Å²) < 4.78 is 0. The van der Waals surface area contributed by atoms with Gasteiger partial charge in [0.1, 0.15) is 0 Å². The lowest BCUT2D eigenvalue weighted by molar-refractivity contribution is 1.46. The monoisotopic (exact) mass is 149 g/mol. The SMILES string of the molecule is C/C=C\C(C)=C/C.C=CC#N. The van der Waals surface area contributed by atoms with Crippen molar-refractivity contribution in [3.8, 4) is 6.07 Å². The molecule has 0 bridgehead atoms. The van der Waals surface area contributed by atoms with Crippen LogP contribution in [0.5, 0.6) is 0 Å². The summed E-state index contributed by atoms with van der Waals surface area (Å²) in [4.78, 5) is 0. The average Bonchev–Trinajstić information content (AvgIpc) is 2.05. The van der Waals surface area contributed by atoms with Gasteiger partial charge >= 0.3 is 0 Å². The van der Waals surface area contributed by atoms with E-state index in [0.29, 0.717) is 0 Å². The summed E-state index contributed by atoms with van der Waals surface area (Å²) in [5.41, 5.74) is 1.32. The lowest BCUT2D eigenvalue weighted by atomic mass is 10.3. The zero-order valence-electron chi connectivity index (χ0n) is 7.46. The van der Waals surface area contributed by atoms with E-state index < -0.39 is 0 Å². The summed E-state index contributed by atoms with van der Waals surface area (Å²) in [6, 6.07) is 1.69. The highest BCUT2D eigenvalue weighted by molar-refractivity contribution is 5.13. The molecule has 0 heterocycles. The first kappa shape index (κ1) is 12.4. The van der Waals surface area contributed by atoms with Gasteiger partial charge in [-0.15, -0.1) is 0 Å². The minimum atomic E-state index is 1.18. The molecule has 0 amide bonds. The smallest absolute Gasteiger partial charge is 0.0905 e. The summed E-state index contributed by atoms with van der Waals surface area (Å²) in [5.74, 6) is 0. The number of rotatable bonds is 1. The summed E-state index contributed by atoms with van der Waals surface area (Å²) >= 11 is 0. The third-order valence-corrected chi connectivity index (χ3v) is 0.976. The van der Waals surface area contributed by atoms with Crippen LogP contribution < -0.4 is 0 Å². The molecular weight excluding hydrogens is 134 g/mol. The number of hydrogen-bond acceptors (Lipinski definition) is 1. The molecule has 0 aliphatic carbocycles. The Kier molecular flexibility index (Phi) is 13.0. The van der Waals surface area contributed by atoms with Crippen LogP contribution in [0.25, 0.3) is 0 Å². The summed E-state index contributed by atoms with van der Waals surface area (Å²) in [7, 11) is 0. The van der Waals surface area contributed by atoms with E-state index in [1.807, 2.05) is 19.9 Å². The Morgan fingerprint density at radius 2 is 1.91 bits per heavy atom. The van der Waals surface area contributed by atoms with E-state index in [1.54, 1.807) is 6.07 Å². The van der Waals surface area contributed by atoms with Crippen molar-refractivity contribution >= 4 is 0 Å². The number of nitriles is 1. The molecule has 0 saturated heterocycles. The molecule has 0 rings (SSSR count). The average molecular weight is 149 g/mol. The van der Waals surface area contributed by atoms with Gasteiger partial charge in [0.15, 0.2) is 0 Å². The predicted octanol–water partition coefficient (Wildman–Crippen LogP) is 3.22. The van der Waals surface area contributed by atoms with Crippen molar-refractivity contribution in [1.82, 2.24) is 0 Å². The molecule has 11 heavy (non-hydrogen) atoms. The molecule has 0 aromatic rings. The fourth-order valence-electron chi connectivity index (χ4n) is 0.359. The maximum atomic E-state index is 7.51. The highest BCUT2D eigenvalue weighted by Gasteiger charge is 1.69. The van der Waals surface area contributed by atoms with Crippen molar-refractivity contribution in [2.45, 2.75) is 20.8 Å². The normalized spacial score (nSPS) is 9.82. The molecule has 0 fully saturated rings. The predicted molar refractivity (Wildman–Crippen MR) is 50.1 cm³/mol. The van der Waals surface area contributed by atoms with Crippen LogP contribution in [0.2, 0.25) is 0 Å². The molecule has 0 saturated carbocycles. The molecule has 0 aromatic heterocycles. The lowest BCUT2D eigenvalue weighted by Gasteiger charge is -1.81. The molecule has 60 valence electrons. The number of nitrogens with zero attached hydrogens (tertiary/aromatic N) is 1. The van der Waals surface area contributed by atoms with Crippen molar-refractivity contribution < 1.29 is 0 Å². The molecule has 0 aliphatic heterocycles. The first-order chi connectivity index (χ1) is 5.22. The van der Waals surface area contributed by atoms with Crippen molar-refractivity contribution in [2.75, 3.05) is 0 Å². The topological polar surface area (TPSA) is 23.8 Å². The van der Waals surface area contributed by atoms with Crippen LogP contribution in [0, 0.1) is 11.3 Å². The quantitative estimate of drug-likeness (QED) is 0.415. The van der Waals surface area contributed by atoms with Gasteiger partial charge in [-0.1, -0.05) is 30.4 Å². The Morgan fingerprint density at radius 3 is 2.00 bits per heavy atom. The number of allylic oxidation sites excluding steroid dienone is 5. The largest absolute Gasteiger partial charge is 0.193 e. The molecule has 1 heteroatoms. The Balaban J connectivity index is 0. The van der Waals surface area contributed by atoms with Gasteiger partial charge in [0.25, 0.3) is 0 Å². The zero-order valence-corrected chi connectivity index (χ0v) is 7.46.